The average molecular weight is 774 g/mol. The third-order valence-corrected chi connectivity index (χ3v) is 8.27. The Labute approximate surface area is 282 Å². The molecule has 0 N–H and O–H groups in total. The second kappa shape index (κ2) is 13.2. The summed E-state index contributed by atoms with van der Waals surface area (Å²) in [6.07, 6.45) is 7.47. The molecule has 0 saturated carbocycles. The fourth-order valence-corrected chi connectivity index (χ4v) is 5.78. The molecule has 8 aromatic rings. The fourth-order valence-electron chi connectivity index (χ4n) is 5.78. The molecular formula is C41H31IrN3O-2. The second-order valence-electron chi connectivity index (χ2n) is 11.4. The molecule has 4 aromatic heterocycles. The smallest absolute Gasteiger partial charge is 0.128 e. The Morgan fingerprint density at radius 1 is 0.652 bits per heavy atom. The van der Waals surface area contributed by atoms with Crippen LogP contribution in [0.5, 0.6) is 0 Å². The van der Waals surface area contributed by atoms with E-state index in [-0.39, 0.29) is 20.1 Å². The molecule has 0 aliphatic carbocycles. The SMILES string of the molecule is Cc1c[c-]c(-c2ccc(C)cn2)cc1.Cc1cc2ccncc2c(-c2cccc3c2oc2c(-c4ccccn4)[c-]ccc23)c1C.[Ir]. The van der Waals surface area contributed by atoms with E-state index in [0.717, 1.165) is 55.4 Å². The molecule has 8 rings (SSSR count). The largest absolute Gasteiger partial charge is 0.500 e. The standard InChI is InChI=1S/C28H19N2O.C13H12N.Ir/c1-17-15-19-12-14-29-16-24(19)26(18(17)2)23-10-6-8-21-20-7-5-9-22(27(20)31-28(21)23)25-11-3-4-13-30-25;1-10-3-6-12(7-4-10)13-8-5-11(2)9-14-13;/h3-8,10-16H,1-2H3;3-6,8-9H,1-2H3;/q2*-1;. The number of nitrogens with zero attached hydrogens (tertiary/aromatic N) is 3. The Balaban J connectivity index is 0.000000209. The summed E-state index contributed by atoms with van der Waals surface area (Å²) < 4.78 is 6.58. The molecule has 46 heavy (non-hydrogen) atoms. The number of aryl methyl sites for hydroxylation is 3. The van der Waals surface area contributed by atoms with Crippen LogP contribution in [-0.4, -0.2) is 15.0 Å². The van der Waals surface area contributed by atoms with Gasteiger partial charge in [0.05, 0.1) is 5.58 Å². The Kier molecular flexibility index (Phi) is 8.89. The summed E-state index contributed by atoms with van der Waals surface area (Å²) in [7, 11) is 0. The van der Waals surface area contributed by atoms with Crippen molar-refractivity contribution in [1.29, 1.82) is 0 Å². The molecule has 0 amide bonds. The molecule has 0 aliphatic heterocycles. The van der Waals surface area contributed by atoms with Crippen molar-refractivity contribution >= 4 is 32.7 Å². The number of para-hydroxylation sites is 1. The van der Waals surface area contributed by atoms with Crippen molar-refractivity contribution in [2.24, 2.45) is 0 Å². The van der Waals surface area contributed by atoms with Crippen LogP contribution < -0.4 is 0 Å². The molecular weight excluding hydrogens is 743 g/mol. The predicted octanol–water partition coefficient (Wildman–Crippen LogP) is 10.4. The summed E-state index contributed by atoms with van der Waals surface area (Å²) in [6, 6.07) is 37.3. The van der Waals surface area contributed by atoms with Gasteiger partial charge in [0.1, 0.15) is 5.58 Å². The van der Waals surface area contributed by atoms with E-state index in [0.29, 0.717) is 0 Å². The van der Waals surface area contributed by atoms with Crippen molar-refractivity contribution in [1.82, 2.24) is 15.0 Å². The van der Waals surface area contributed by atoms with Crippen molar-refractivity contribution in [3.05, 3.63) is 150 Å². The number of aromatic nitrogens is 3. The summed E-state index contributed by atoms with van der Waals surface area (Å²) in [5.41, 5.74) is 12.6. The Bertz CT molecular complexity index is 2250. The number of hydrogen-bond donors (Lipinski definition) is 0. The van der Waals surface area contributed by atoms with Gasteiger partial charge in [-0.3, -0.25) is 4.98 Å². The van der Waals surface area contributed by atoms with Gasteiger partial charge in [0, 0.05) is 61.2 Å². The molecule has 0 fully saturated rings. The average Bonchev–Trinajstić information content (AvgIpc) is 3.46. The zero-order valence-electron chi connectivity index (χ0n) is 26.1. The van der Waals surface area contributed by atoms with E-state index in [1.807, 2.05) is 68.0 Å². The minimum Gasteiger partial charge on any atom is -0.500 e. The molecule has 227 valence electrons. The number of pyridine rings is 3. The zero-order valence-corrected chi connectivity index (χ0v) is 28.4. The molecule has 4 nitrogen and oxygen atoms in total. The van der Waals surface area contributed by atoms with Crippen LogP contribution in [0.3, 0.4) is 0 Å². The first kappa shape index (κ1) is 31.0. The first-order valence-corrected chi connectivity index (χ1v) is 15.0. The van der Waals surface area contributed by atoms with E-state index >= 15 is 0 Å². The number of furan rings is 1. The molecule has 0 spiro atoms. The van der Waals surface area contributed by atoms with Crippen LogP contribution in [0.1, 0.15) is 22.3 Å². The molecule has 1 radical (unpaired) electrons. The number of benzene rings is 4. The topological polar surface area (TPSA) is 51.8 Å². The van der Waals surface area contributed by atoms with E-state index in [1.54, 1.807) is 6.20 Å². The van der Waals surface area contributed by atoms with E-state index in [4.69, 9.17) is 4.42 Å². The van der Waals surface area contributed by atoms with Crippen LogP contribution in [0.2, 0.25) is 0 Å². The van der Waals surface area contributed by atoms with Crippen LogP contribution in [0.4, 0.5) is 0 Å². The van der Waals surface area contributed by atoms with Crippen LogP contribution in [0.15, 0.2) is 120 Å². The first-order chi connectivity index (χ1) is 22.0. The Morgan fingerprint density at radius 2 is 1.50 bits per heavy atom. The summed E-state index contributed by atoms with van der Waals surface area (Å²) in [5.74, 6) is 0. The Hall–Kier alpha value is -4.96. The monoisotopic (exact) mass is 774 g/mol. The fraction of sp³-hybridized carbons (Fsp3) is 0.0976. The van der Waals surface area contributed by atoms with Crippen LogP contribution in [0.25, 0.3) is 66.4 Å². The maximum Gasteiger partial charge on any atom is 0.128 e. The summed E-state index contributed by atoms with van der Waals surface area (Å²) in [5, 5.41) is 4.49. The predicted molar refractivity (Wildman–Crippen MR) is 184 cm³/mol. The summed E-state index contributed by atoms with van der Waals surface area (Å²) in [4.78, 5) is 13.3. The van der Waals surface area contributed by atoms with Gasteiger partial charge >= 0.3 is 0 Å². The number of rotatable bonds is 3. The van der Waals surface area contributed by atoms with Crippen molar-refractivity contribution < 1.29 is 24.5 Å². The normalized spacial score (nSPS) is 10.9. The van der Waals surface area contributed by atoms with Crippen molar-refractivity contribution in [2.45, 2.75) is 27.7 Å². The Morgan fingerprint density at radius 3 is 2.26 bits per heavy atom. The van der Waals surface area contributed by atoms with Crippen molar-refractivity contribution in [2.75, 3.05) is 0 Å². The quantitative estimate of drug-likeness (QED) is 0.168. The van der Waals surface area contributed by atoms with Crippen LogP contribution in [0, 0.1) is 39.8 Å². The molecule has 0 bridgehead atoms. The van der Waals surface area contributed by atoms with Crippen molar-refractivity contribution in [3.63, 3.8) is 0 Å². The molecule has 0 aliphatic rings. The minimum atomic E-state index is 0. The van der Waals surface area contributed by atoms with E-state index in [9.17, 15) is 0 Å². The third kappa shape index (κ3) is 5.88. The zero-order chi connectivity index (χ0) is 30.9. The molecule has 4 heterocycles. The first-order valence-electron chi connectivity index (χ1n) is 15.0. The van der Waals surface area contributed by atoms with Gasteiger partial charge in [-0.15, -0.1) is 53.6 Å². The van der Waals surface area contributed by atoms with Gasteiger partial charge in [-0.2, -0.15) is 0 Å². The number of hydrogen-bond acceptors (Lipinski definition) is 4. The van der Waals surface area contributed by atoms with Gasteiger partial charge in [-0.1, -0.05) is 66.4 Å². The summed E-state index contributed by atoms with van der Waals surface area (Å²) in [6.45, 7) is 8.43. The van der Waals surface area contributed by atoms with Gasteiger partial charge in [0.2, 0.25) is 0 Å². The molecule has 4 aromatic carbocycles. The van der Waals surface area contributed by atoms with Gasteiger partial charge < -0.3 is 14.4 Å². The van der Waals surface area contributed by atoms with Crippen LogP contribution >= 0.6 is 0 Å². The second-order valence-corrected chi connectivity index (χ2v) is 11.4. The maximum absolute atomic E-state index is 6.58. The van der Waals surface area contributed by atoms with Gasteiger partial charge in [0.25, 0.3) is 0 Å². The molecule has 0 unspecified atom stereocenters. The van der Waals surface area contributed by atoms with E-state index < -0.39 is 0 Å². The number of fused-ring (bicyclic) bond motifs is 4. The maximum atomic E-state index is 6.58. The molecule has 5 heteroatoms. The minimum absolute atomic E-state index is 0. The van der Waals surface area contributed by atoms with E-state index in [2.05, 4.69) is 96.4 Å². The van der Waals surface area contributed by atoms with Crippen LogP contribution in [-0.2, 0) is 20.1 Å². The summed E-state index contributed by atoms with van der Waals surface area (Å²) >= 11 is 0. The molecule has 0 atom stereocenters. The van der Waals surface area contributed by atoms with Crippen molar-refractivity contribution in [3.8, 4) is 33.6 Å². The van der Waals surface area contributed by atoms with E-state index in [1.165, 1.54) is 33.2 Å². The van der Waals surface area contributed by atoms with Gasteiger partial charge in [-0.25, -0.2) is 0 Å². The molecule has 0 saturated heterocycles. The third-order valence-electron chi connectivity index (χ3n) is 8.27. The van der Waals surface area contributed by atoms with Gasteiger partial charge in [-0.05, 0) is 71.9 Å². The van der Waals surface area contributed by atoms with Gasteiger partial charge in [0.15, 0.2) is 0 Å².